The summed E-state index contributed by atoms with van der Waals surface area (Å²) in [6.07, 6.45) is 3.15. The molecule has 0 saturated heterocycles. The molecule has 0 unspecified atom stereocenters. The first kappa shape index (κ1) is 10.6. The number of pyridine rings is 1. The number of rotatable bonds is 2. The minimum absolute atomic E-state index is 0.0117. The van der Waals surface area contributed by atoms with Crippen LogP contribution in [0.15, 0.2) is 12.3 Å². The summed E-state index contributed by atoms with van der Waals surface area (Å²) in [5.74, 6) is 2.01. The number of aromatic nitrogens is 1. The number of nitrogens with zero attached hydrogens (tertiary/aromatic N) is 1. The van der Waals surface area contributed by atoms with E-state index in [0.29, 0.717) is 0 Å². The number of terminal acetylenes is 1. The molecule has 1 rings (SSSR count). The highest BCUT2D eigenvalue weighted by atomic mass is 19.3. The van der Waals surface area contributed by atoms with Crippen LogP contribution in [-0.2, 0) is 0 Å². The molecule has 0 fully saturated rings. The summed E-state index contributed by atoms with van der Waals surface area (Å²) in [5.41, 5.74) is -0.676. The van der Waals surface area contributed by atoms with E-state index in [4.69, 9.17) is 16.5 Å². The number of hydrogen-bond donors (Lipinski definition) is 2. The van der Waals surface area contributed by atoms with Crippen molar-refractivity contribution in [2.75, 3.05) is 0 Å². The van der Waals surface area contributed by atoms with Gasteiger partial charge >= 0.3 is 7.12 Å². The Labute approximate surface area is 79.6 Å². The van der Waals surface area contributed by atoms with Crippen molar-refractivity contribution < 1.29 is 18.8 Å². The maximum atomic E-state index is 12.3. The van der Waals surface area contributed by atoms with Crippen LogP contribution in [0.4, 0.5) is 8.78 Å². The van der Waals surface area contributed by atoms with Crippen LogP contribution >= 0.6 is 0 Å². The molecular weight excluding hydrogens is 191 g/mol. The van der Waals surface area contributed by atoms with Gasteiger partial charge in [0.2, 0.25) is 0 Å². The quantitative estimate of drug-likeness (QED) is 0.504. The van der Waals surface area contributed by atoms with Crippen LogP contribution in [0, 0.1) is 12.3 Å². The smallest absolute Gasteiger partial charge is 0.423 e. The molecule has 6 heteroatoms. The van der Waals surface area contributed by atoms with Gasteiger partial charge in [-0.25, -0.2) is 8.78 Å². The fraction of sp³-hybridized carbons (Fsp3) is 0.125. The third-order valence-electron chi connectivity index (χ3n) is 1.60. The average Bonchev–Trinajstić information content (AvgIpc) is 2.16. The second-order valence-electron chi connectivity index (χ2n) is 2.52. The van der Waals surface area contributed by atoms with E-state index in [-0.39, 0.29) is 11.0 Å². The SMILES string of the molecule is C#Cc1cc(B(O)O)cnc1C(F)F. The summed E-state index contributed by atoms with van der Waals surface area (Å²) in [4.78, 5) is 3.36. The fourth-order valence-corrected chi connectivity index (χ4v) is 0.922. The van der Waals surface area contributed by atoms with Gasteiger partial charge in [0.15, 0.2) is 0 Å². The second-order valence-corrected chi connectivity index (χ2v) is 2.52. The predicted molar refractivity (Wildman–Crippen MR) is 47.0 cm³/mol. The van der Waals surface area contributed by atoms with Crippen LogP contribution in [0.1, 0.15) is 17.7 Å². The van der Waals surface area contributed by atoms with Crippen LogP contribution in [0.3, 0.4) is 0 Å². The van der Waals surface area contributed by atoms with Crippen molar-refractivity contribution in [1.82, 2.24) is 4.98 Å². The van der Waals surface area contributed by atoms with E-state index < -0.39 is 19.2 Å². The van der Waals surface area contributed by atoms with Gasteiger partial charge < -0.3 is 10.0 Å². The van der Waals surface area contributed by atoms with Gasteiger partial charge in [-0.05, 0) is 6.07 Å². The third-order valence-corrected chi connectivity index (χ3v) is 1.60. The van der Waals surface area contributed by atoms with Crippen LogP contribution in [-0.4, -0.2) is 22.2 Å². The minimum Gasteiger partial charge on any atom is -0.423 e. The minimum atomic E-state index is -2.77. The Bertz CT molecular complexity index is 376. The Kier molecular flexibility index (Phi) is 3.17. The van der Waals surface area contributed by atoms with Gasteiger partial charge in [-0.15, -0.1) is 6.42 Å². The van der Waals surface area contributed by atoms with Gasteiger partial charge in [0.1, 0.15) is 5.69 Å². The molecule has 0 atom stereocenters. The van der Waals surface area contributed by atoms with Gasteiger partial charge in [-0.1, -0.05) is 5.92 Å². The van der Waals surface area contributed by atoms with Gasteiger partial charge in [-0.2, -0.15) is 0 Å². The molecule has 0 amide bonds. The van der Waals surface area contributed by atoms with Gasteiger partial charge in [0, 0.05) is 11.7 Å². The van der Waals surface area contributed by atoms with Crippen molar-refractivity contribution >= 4 is 12.6 Å². The zero-order chi connectivity index (χ0) is 10.7. The molecule has 0 aliphatic carbocycles. The van der Waals surface area contributed by atoms with Crippen LogP contribution in [0.5, 0.6) is 0 Å². The topological polar surface area (TPSA) is 53.4 Å². The van der Waals surface area contributed by atoms with Crippen molar-refractivity contribution in [3.05, 3.63) is 23.5 Å². The van der Waals surface area contributed by atoms with Crippen molar-refractivity contribution in [3.63, 3.8) is 0 Å². The summed E-state index contributed by atoms with van der Waals surface area (Å²) in [6, 6.07) is 1.10. The maximum Gasteiger partial charge on any atom is 0.490 e. The Morgan fingerprint density at radius 3 is 2.57 bits per heavy atom. The number of alkyl halides is 2. The molecular formula is C8H6BF2NO2. The van der Waals surface area contributed by atoms with E-state index >= 15 is 0 Å². The lowest BCUT2D eigenvalue weighted by Gasteiger charge is -2.04. The summed E-state index contributed by atoms with van der Waals surface area (Å²) in [7, 11) is -1.76. The van der Waals surface area contributed by atoms with E-state index in [2.05, 4.69) is 4.98 Å². The van der Waals surface area contributed by atoms with E-state index in [1.165, 1.54) is 0 Å². The maximum absolute atomic E-state index is 12.3. The first-order chi connectivity index (χ1) is 6.56. The standard InChI is InChI=1S/C8H6BF2NO2/c1-2-5-3-6(9(13)14)4-12-7(5)8(10)11/h1,3-4,8,13-14H. The fourth-order valence-electron chi connectivity index (χ4n) is 0.922. The first-order valence-corrected chi connectivity index (χ1v) is 3.67. The zero-order valence-corrected chi connectivity index (χ0v) is 6.98. The lowest BCUT2D eigenvalue weighted by atomic mass is 9.81. The average molecular weight is 197 g/mol. The van der Waals surface area contributed by atoms with Crippen LogP contribution in [0.25, 0.3) is 0 Å². The monoisotopic (exact) mass is 197 g/mol. The van der Waals surface area contributed by atoms with E-state index in [9.17, 15) is 8.78 Å². The van der Waals surface area contributed by atoms with E-state index in [1.54, 1.807) is 0 Å². The zero-order valence-electron chi connectivity index (χ0n) is 6.98. The second kappa shape index (κ2) is 4.18. The Hall–Kier alpha value is -1.45. The highest BCUT2D eigenvalue weighted by Crippen LogP contribution is 2.18. The van der Waals surface area contributed by atoms with Crippen LogP contribution in [0.2, 0.25) is 0 Å². The molecule has 3 nitrogen and oxygen atoms in total. The van der Waals surface area contributed by atoms with Crippen molar-refractivity contribution in [3.8, 4) is 12.3 Å². The summed E-state index contributed by atoms with van der Waals surface area (Å²) in [6.45, 7) is 0. The predicted octanol–water partition coefficient (Wildman–Crippen LogP) is -0.320. The Morgan fingerprint density at radius 2 is 2.14 bits per heavy atom. The van der Waals surface area contributed by atoms with Crippen LogP contribution < -0.4 is 5.46 Å². The highest BCUT2D eigenvalue weighted by Gasteiger charge is 2.18. The molecule has 72 valence electrons. The summed E-state index contributed by atoms with van der Waals surface area (Å²) in [5, 5.41) is 17.5. The molecule has 2 N–H and O–H groups in total. The molecule has 0 bridgehead atoms. The van der Waals surface area contributed by atoms with Gasteiger partial charge in [0.05, 0.1) is 5.56 Å². The molecule has 14 heavy (non-hydrogen) atoms. The molecule has 0 saturated carbocycles. The molecule has 1 aromatic heterocycles. The highest BCUT2D eigenvalue weighted by molar-refractivity contribution is 6.58. The lowest BCUT2D eigenvalue weighted by molar-refractivity contribution is 0.146. The molecule has 0 aliphatic heterocycles. The Morgan fingerprint density at radius 1 is 1.50 bits per heavy atom. The van der Waals surface area contributed by atoms with E-state index in [1.807, 2.05) is 5.92 Å². The first-order valence-electron chi connectivity index (χ1n) is 3.67. The Balaban J connectivity index is 3.20. The van der Waals surface area contributed by atoms with Gasteiger partial charge in [0.25, 0.3) is 6.43 Å². The number of halogens is 2. The molecule has 0 aliphatic rings. The lowest BCUT2D eigenvalue weighted by Crippen LogP contribution is -2.30. The third kappa shape index (κ3) is 2.07. The largest absolute Gasteiger partial charge is 0.490 e. The van der Waals surface area contributed by atoms with E-state index in [0.717, 1.165) is 12.3 Å². The molecule has 1 aromatic rings. The molecule has 0 radical (unpaired) electrons. The van der Waals surface area contributed by atoms with Gasteiger partial charge in [-0.3, -0.25) is 4.98 Å². The molecule has 0 aromatic carbocycles. The van der Waals surface area contributed by atoms with Crippen molar-refractivity contribution in [2.24, 2.45) is 0 Å². The van der Waals surface area contributed by atoms with Crippen molar-refractivity contribution in [2.45, 2.75) is 6.43 Å². The molecule has 0 spiro atoms. The molecule has 1 heterocycles. The van der Waals surface area contributed by atoms with Crippen molar-refractivity contribution in [1.29, 1.82) is 0 Å². The summed E-state index contributed by atoms with van der Waals surface area (Å²) < 4.78 is 24.5. The number of hydrogen-bond acceptors (Lipinski definition) is 3. The normalized spacial score (nSPS) is 10.0. The summed E-state index contributed by atoms with van der Waals surface area (Å²) >= 11 is 0.